The van der Waals surface area contributed by atoms with Crippen molar-refractivity contribution in [3.05, 3.63) is 59.0 Å². The van der Waals surface area contributed by atoms with Crippen LogP contribution < -0.4 is 19.9 Å². The van der Waals surface area contributed by atoms with Crippen molar-refractivity contribution < 1.29 is 24.2 Å². The van der Waals surface area contributed by atoms with E-state index in [2.05, 4.69) is 20.2 Å². The van der Waals surface area contributed by atoms with Gasteiger partial charge in [-0.15, -0.1) is 0 Å². The van der Waals surface area contributed by atoms with Crippen molar-refractivity contribution >= 4 is 35.1 Å². The second-order valence-corrected chi connectivity index (χ2v) is 10.2. The standard InChI is InChI=1S/C27H30N6O5/c1-16-21(14-28-23-22(16)33(11-12-37-23)26(36)38-27(2,3)4)32-10-9-18-13-29-25(31-20(18)15-32)30-19-7-5-17(6-8-19)24(34)35/h5-8,13-14H,9-12,15H2,1-4H3,(H,34,35)(H,29,30,31). The van der Waals surface area contributed by atoms with Crippen LogP contribution in [0.25, 0.3) is 0 Å². The summed E-state index contributed by atoms with van der Waals surface area (Å²) in [6.07, 6.45) is 3.94. The number of hydrogen-bond donors (Lipinski definition) is 2. The molecule has 11 nitrogen and oxygen atoms in total. The summed E-state index contributed by atoms with van der Waals surface area (Å²) in [4.78, 5) is 41.6. The number of anilines is 4. The fourth-order valence-corrected chi connectivity index (χ4v) is 4.54. The van der Waals surface area contributed by atoms with Gasteiger partial charge in [0.2, 0.25) is 11.8 Å². The van der Waals surface area contributed by atoms with Gasteiger partial charge in [-0.1, -0.05) is 0 Å². The minimum atomic E-state index is -0.977. The van der Waals surface area contributed by atoms with Crippen LogP contribution in [0.3, 0.4) is 0 Å². The Bertz CT molecular complexity index is 1390. The highest BCUT2D eigenvalue weighted by Gasteiger charge is 2.32. The molecule has 0 saturated carbocycles. The van der Waals surface area contributed by atoms with E-state index in [0.29, 0.717) is 42.9 Å². The monoisotopic (exact) mass is 518 g/mol. The van der Waals surface area contributed by atoms with Gasteiger partial charge in [-0.05, 0) is 63.9 Å². The molecule has 2 N–H and O–H groups in total. The Morgan fingerprint density at radius 1 is 1.11 bits per heavy atom. The number of hydrogen-bond acceptors (Lipinski definition) is 9. The molecule has 0 saturated heterocycles. The van der Waals surface area contributed by atoms with Gasteiger partial charge in [-0.25, -0.2) is 24.5 Å². The number of nitrogens with zero attached hydrogens (tertiary/aromatic N) is 5. The maximum Gasteiger partial charge on any atom is 0.415 e. The lowest BCUT2D eigenvalue weighted by molar-refractivity contribution is 0.0565. The van der Waals surface area contributed by atoms with Crippen molar-refractivity contribution in [2.75, 3.05) is 34.8 Å². The molecule has 1 amide bonds. The van der Waals surface area contributed by atoms with Crippen LogP contribution in [0, 0.1) is 6.92 Å². The van der Waals surface area contributed by atoms with Crippen LogP contribution in [0.5, 0.6) is 5.88 Å². The minimum absolute atomic E-state index is 0.210. The Kier molecular flexibility index (Phi) is 6.52. The number of carbonyl (C=O) groups is 2. The number of ether oxygens (including phenoxy) is 2. The molecule has 4 heterocycles. The average Bonchev–Trinajstić information content (AvgIpc) is 2.87. The number of benzene rings is 1. The topological polar surface area (TPSA) is 130 Å². The smallest absolute Gasteiger partial charge is 0.415 e. The molecule has 5 rings (SSSR count). The molecule has 0 unspecified atom stereocenters. The van der Waals surface area contributed by atoms with Crippen molar-refractivity contribution in [1.82, 2.24) is 15.0 Å². The van der Waals surface area contributed by atoms with E-state index in [1.165, 1.54) is 12.1 Å². The molecule has 3 aromatic rings. The third-order valence-corrected chi connectivity index (χ3v) is 6.36. The molecule has 0 radical (unpaired) electrons. The van der Waals surface area contributed by atoms with Crippen LogP contribution >= 0.6 is 0 Å². The van der Waals surface area contributed by atoms with Gasteiger partial charge in [0.1, 0.15) is 17.9 Å². The summed E-state index contributed by atoms with van der Waals surface area (Å²) in [6, 6.07) is 6.42. The third-order valence-electron chi connectivity index (χ3n) is 6.36. The zero-order valence-corrected chi connectivity index (χ0v) is 21.8. The number of rotatable bonds is 4. The quantitative estimate of drug-likeness (QED) is 0.515. The number of amides is 1. The van der Waals surface area contributed by atoms with Crippen LogP contribution in [0.2, 0.25) is 0 Å². The van der Waals surface area contributed by atoms with Crippen LogP contribution in [0.4, 0.5) is 27.8 Å². The van der Waals surface area contributed by atoms with Crippen molar-refractivity contribution in [2.45, 2.75) is 46.3 Å². The molecule has 0 spiro atoms. The summed E-state index contributed by atoms with van der Waals surface area (Å²) < 4.78 is 11.4. The maximum atomic E-state index is 13.0. The van der Waals surface area contributed by atoms with Crippen molar-refractivity contribution in [3.8, 4) is 5.88 Å². The Morgan fingerprint density at radius 3 is 2.58 bits per heavy atom. The lowest BCUT2D eigenvalue weighted by Gasteiger charge is -2.35. The van der Waals surface area contributed by atoms with Crippen LogP contribution in [-0.2, 0) is 17.7 Å². The molecule has 0 aliphatic carbocycles. The summed E-state index contributed by atoms with van der Waals surface area (Å²) in [5.41, 5.74) is 4.64. The molecular weight excluding hydrogens is 488 g/mol. The summed E-state index contributed by atoms with van der Waals surface area (Å²) in [5.74, 6) is -0.128. The van der Waals surface area contributed by atoms with Gasteiger partial charge in [0.05, 0.1) is 36.2 Å². The van der Waals surface area contributed by atoms with E-state index >= 15 is 0 Å². The van der Waals surface area contributed by atoms with E-state index < -0.39 is 17.7 Å². The van der Waals surface area contributed by atoms with Crippen LogP contribution in [0.15, 0.2) is 36.7 Å². The van der Waals surface area contributed by atoms with Crippen molar-refractivity contribution in [1.29, 1.82) is 0 Å². The first-order valence-electron chi connectivity index (χ1n) is 12.4. The van der Waals surface area contributed by atoms with E-state index in [4.69, 9.17) is 19.6 Å². The highest BCUT2D eigenvalue weighted by Crippen LogP contribution is 2.39. The Labute approximate surface area is 220 Å². The van der Waals surface area contributed by atoms with Crippen LogP contribution in [-0.4, -0.2) is 57.4 Å². The molecule has 2 aliphatic heterocycles. The Hall–Kier alpha value is -4.41. The zero-order valence-electron chi connectivity index (χ0n) is 21.8. The average molecular weight is 519 g/mol. The van der Waals surface area contributed by atoms with Crippen molar-refractivity contribution in [2.24, 2.45) is 0 Å². The zero-order chi connectivity index (χ0) is 27.0. The van der Waals surface area contributed by atoms with Gasteiger partial charge in [0, 0.05) is 24.0 Å². The lowest BCUT2D eigenvalue weighted by Crippen LogP contribution is -2.42. The van der Waals surface area contributed by atoms with Crippen LogP contribution in [0.1, 0.15) is 48.0 Å². The molecule has 1 aromatic carbocycles. The second-order valence-electron chi connectivity index (χ2n) is 10.2. The minimum Gasteiger partial charge on any atom is -0.478 e. The molecular formula is C27H30N6O5. The summed E-state index contributed by atoms with van der Waals surface area (Å²) in [7, 11) is 0. The molecule has 0 atom stereocenters. The first-order valence-corrected chi connectivity index (χ1v) is 12.4. The van der Waals surface area contributed by atoms with E-state index in [1.807, 2.05) is 33.9 Å². The number of carboxylic acid groups (broad SMARTS) is 1. The van der Waals surface area contributed by atoms with Gasteiger partial charge < -0.3 is 24.8 Å². The number of carbonyl (C=O) groups excluding carboxylic acids is 1. The molecule has 0 bridgehead atoms. The predicted molar refractivity (Wildman–Crippen MR) is 142 cm³/mol. The molecule has 2 aliphatic rings. The molecule has 0 fully saturated rings. The number of fused-ring (bicyclic) bond motifs is 2. The van der Waals surface area contributed by atoms with Gasteiger partial charge in [-0.3, -0.25) is 4.90 Å². The maximum absolute atomic E-state index is 13.0. The fraction of sp³-hybridized carbons (Fsp3) is 0.370. The second kappa shape index (κ2) is 9.81. The van der Waals surface area contributed by atoms with E-state index in [-0.39, 0.29) is 5.56 Å². The highest BCUT2D eigenvalue weighted by molar-refractivity contribution is 5.92. The number of aromatic nitrogens is 3. The summed E-state index contributed by atoms with van der Waals surface area (Å²) in [6.45, 7) is 9.50. The Morgan fingerprint density at radius 2 is 1.87 bits per heavy atom. The van der Waals surface area contributed by atoms with Gasteiger partial charge in [0.15, 0.2) is 0 Å². The first kappa shape index (κ1) is 25.2. The van der Waals surface area contributed by atoms with Crippen molar-refractivity contribution in [3.63, 3.8) is 0 Å². The highest BCUT2D eigenvalue weighted by atomic mass is 16.6. The normalized spacial score (nSPS) is 14.7. The summed E-state index contributed by atoms with van der Waals surface area (Å²) in [5, 5.41) is 12.2. The summed E-state index contributed by atoms with van der Waals surface area (Å²) >= 11 is 0. The molecule has 38 heavy (non-hydrogen) atoms. The van der Waals surface area contributed by atoms with E-state index in [0.717, 1.165) is 35.5 Å². The largest absolute Gasteiger partial charge is 0.478 e. The third kappa shape index (κ3) is 5.17. The van der Waals surface area contributed by atoms with Gasteiger partial charge in [-0.2, -0.15) is 0 Å². The van der Waals surface area contributed by atoms with Gasteiger partial charge in [0.25, 0.3) is 0 Å². The van der Waals surface area contributed by atoms with E-state index in [9.17, 15) is 9.59 Å². The van der Waals surface area contributed by atoms with Gasteiger partial charge >= 0.3 is 12.1 Å². The predicted octanol–water partition coefficient (Wildman–Crippen LogP) is 4.32. The number of aromatic carboxylic acids is 1. The van der Waals surface area contributed by atoms with E-state index in [1.54, 1.807) is 23.2 Å². The number of nitrogens with one attached hydrogen (secondary N) is 1. The number of carboxylic acids is 1. The first-order chi connectivity index (χ1) is 18.1. The lowest BCUT2D eigenvalue weighted by atomic mass is 10.0. The number of pyridine rings is 1. The Balaban J connectivity index is 1.38. The fourth-order valence-electron chi connectivity index (χ4n) is 4.54. The molecule has 2 aromatic heterocycles. The molecule has 198 valence electrons. The molecule has 11 heteroatoms. The SMILES string of the molecule is Cc1c(N2CCc3cnc(Nc4ccc(C(=O)O)cc4)nc3C2)cnc2c1N(C(=O)OC(C)(C)C)CCO2.